The second kappa shape index (κ2) is 10.7. The molecule has 0 aliphatic rings. The maximum Gasteiger partial charge on any atom is 0.321 e. The maximum absolute atomic E-state index is 12.3. The number of sulfonamides is 1. The van der Waals surface area contributed by atoms with Crippen molar-refractivity contribution >= 4 is 66.7 Å². The number of carbonyl (C=O) groups excluding carboxylic acids is 3. The third-order valence-electron chi connectivity index (χ3n) is 3.74. The highest BCUT2D eigenvalue weighted by Crippen LogP contribution is 2.25. The van der Waals surface area contributed by atoms with Gasteiger partial charge >= 0.3 is 5.97 Å². The quantitative estimate of drug-likeness (QED) is 0.448. The first-order valence-electron chi connectivity index (χ1n) is 8.80. The first-order valence-corrected chi connectivity index (χ1v) is 11.5. The predicted molar refractivity (Wildman–Crippen MR) is 119 cm³/mol. The van der Waals surface area contributed by atoms with Crippen LogP contribution in [0.15, 0.2) is 51.8 Å². The van der Waals surface area contributed by atoms with E-state index in [1.807, 2.05) is 0 Å². The lowest BCUT2D eigenvalue weighted by molar-refractivity contribution is -0.151. The summed E-state index contributed by atoms with van der Waals surface area (Å²) in [6.45, 7) is 2.04. The summed E-state index contributed by atoms with van der Waals surface area (Å²) in [7, 11) is -4.05. The average Bonchev–Trinajstić information content (AvgIpc) is 2.67. The summed E-state index contributed by atoms with van der Waals surface area (Å²) < 4.78 is 32.2. The van der Waals surface area contributed by atoms with Crippen molar-refractivity contribution in [3.05, 3.63) is 52.0 Å². The van der Waals surface area contributed by atoms with Gasteiger partial charge in [-0.15, -0.1) is 0 Å². The lowest BCUT2D eigenvalue weighted by atomic mass is 10.2. The Labute approximate surface area is 192 Å². The maximum atomic E-state index is 12.3. The zero-order chi connectivity index (χ0) is 23.2. The minimum Gasteiger partial charge on any atom is -0.452 e. The van der Waals surface area contributed by atoms with Gasteiger partial charge in [0, 0.05) is 22.8 Å². The van der Waals surface area contributed by atoms with Crippen molar-refractivity contribution in [2.45, 2.75) is 24.8 Å². The van der Waals surface area contributed by atoms with E-state index in [9.17, 15) is 22.8 Å². The van der Waals surface area contributed by atoms with Crippen LogP contribution in [-0.2, 0) is 29.1 Å². The van der Waals surface area contributed by atoms with Crippen molar-refractivity contribution in [2.24, 2.45) is 0 Å². The Kier molecular flexibility index (Phi) is 8.57. The number of hydrogen-bond donors (Lipinski definition) is 3. The van der Waals surface area contributed by atoms with Crippen molar-refractivity contribution in [3.63, 3.8) is 0 Å². The number of ether oxygens (including phenoxy) is 1. The van der Waals surface area contributed by atoms with Crippen LogP contribution >= 0.6 is 27.5 Å². The van der Waals surface area contributed by atoms with Gasteiger partial charge < -0.3 is 15.4 Å². The molecule has 2 aromatic carbocycles. The van der Waals surface area contributed by atoms with Gasteiger partial charge in [0.15, 0.2) is 6.10 Å². The van der Waals surface area contributed by atoms with Gasteiger partial charge in [-0.05, 0) is 49.4 Å². The van der Waals surface area contributed by atoms with Gasteiger partial charge in [-0.1, -0.05) is 27.5 Å². The molecule has 0 aliphatic heterocycles. The molecule has 0 saturated carbocycles. The van der Waals surface area contributed by atoms with Crippen molar-refractivity contribution in [2.75, 3.05) is 17.2 Å². The highest BCUT2D eigenvalue weighted by Gasteiger charge is 2.22. The van der Waals surface area contributed by atoms with Crippen molar-refractivity contribution in [1.82, 2.24) is 4.72 Å². The summed E-state index contributed by atoms with van der Waals surface area (Å²) in [6, 6.07) is 10.5. The molecule has 0 aliphatic carbocycles. The van der Waals surface area contributed by atoms with Gasteiger partial charge in [0.1, 0.15) is 11.4 Å². The van der Waals surface area contributed by atoms with E-state index in [4.69, 9.17) is 16.3 Å². The number of esters is 1. The molecule has 0 spiro atoms. The van der Waals surface area contributed by atoms with Crippen LogP contribution in [0.25, 0.3) is 0 Å². The van der Waals surface area contributed by atoms with Gasteiger partial charge in [-0.3, -0.25) is 14.4 Å². The molecule has 2 amide bonds. The minimum atomic E-state index is -4.05. The van der Waals surface area contributed by atoms with Gasteiger partial charge in [0.05, 0.1) is 5.02 Å². The Morgan fingerprint density at radius 1 is 1.06 bits per heavy atom. The fraction of sp³-hybridized carbons (Fsp3) is 0.211. The lowest BCUT2D eigenvalue weighted by Gasteiger charge is -2.14. The van der Waals surface area contributed by atoms with E-state index < -0.39 is 34.5 Å². The Hall–Kier alpha value is -2.47. The van der Waals surface area contributed by atoms with Crippen molar-refractivity contribution < 1.29 is 27.5 Å². The summed E-state index contributed by atoms with van der Waals surface area (Å²) in [5.41, 5.74) is 0.982. The van der Waals surface area contributed by atoms with E-state index in [1.165, 1.54) is 32.0 Å². The number of carbonyl (C=O) groups is 3. The summed E-state index contributed by atoms with van der Waals surface area (Å²) in [5.74, 6) is -1.78. The summed E-state index contributed by atoms with van der Waals surface area (Å²) >= 11 is 9.10. The largest absolute Gasteiger partial charge is 0.452 e. The summed E-state index contributed by atoms with van der Waals surface area (Å²) in [5, 5.41) is 5.12. The van der Waals surface area contributed by atoms with Crippen LogP contribution in [0.5, 0.6) is 0 Å². The molecule has 9 nitrogen and oxygen atoms in total. The molecular weight excluding hydrogens is 514 g/mol. The van der Waals surface area contributed by atoms with Gasteiger partial charge in [0.2, 0.25) is 15.9 Å². The fourth-order valence-corrected chi connectivity index (χ4v) is 4.31. The second-order valence-corrected chi connectivity index (χ2v) is 9.34. The number of rotatable bonds is 8. The molecule has 0 bridgehead atoms. The zero-order valence-corrected chi connectivity index (χ0v) is 19.6. The number of nitrogens with one attached hydrogen (secondary N) is 3. The van der Waals surface area contributed by atoms with Crippen LogP contribution in [-0.4, -0.2) is 38.9 Å². The molecule has 2 rings (SSSR count). The third kappa shape index (κ3) is 7.62. The molecule has 1 atom stereocenters. The molecule has 2 aromatic rings. The first-order chi connectivity index (χ1) is 14.5. The molecular formula is C19H19BrClN3O6S. The number of amides is 2. The van der Waals surface area contributed by atoms with E-state index in [-0.39, 0.29) is 15.8 Å². The Morgan fingerprint density at radius 3 is 2.19 bits per heavy atom. The topological polar surface area (TPSA) is 131 Å². The molecule has 0 aromatic heterocycles. The monoisotopic (exact) mass is 531 g/mol. The number of halogens is 2. The Morgan fingerprint density at radius 2 is 1.65 bits per heavy atom. The number of hydrogen-bond acceptors (Lipinski definition) is 6. The van der Waals surface area contributed by atoms with Crippen LogP contribution in [0.2, 0.25) is 5.02 Å². The normalized spacial score (nSPS) is 12.0. The van der Waals surface area contributed by atoms with E-state index in [1.54, 1.807) is 24.3 Å². The van der Waals surface area contributed by atoms with Gasteiger partial charge in [-0.2, -0.15) is 4.72 Å². The summed E-state index contributed by atoms with van der Waals surface area (Å²) in [6.07, 6.45) is -1.18. The smallest absolute Gasteiger partial charge is 0.321 e. The molecule has 0 radical (unpaired) electrons. The van der Waals surface area contributed by atoms with Crippen molar-refractivity contribution in [3.8, 4) is 0 Å². The van der Waals surface area contributed by atoms with Crippen LogP contribution in [0.1, 0.15) is 13.8 Å². The van der Waals surface area contributed by atoms with Crippen LogP contribution in [0.3, 0.4) is 0 Å². The van der Waals surface area contributed by atoms with Crippen LogP contribution < -0.4 is 15.4 Å². The van der Waals surface area contributed by atoms with Crippen LogP contribution in [0.4, 0.5) is 11.4 Å². The predicted octanol–water partition coefficient (Wildman–Crippen LogP) is 2.91. The van der Waals surface area contributed by atoms with E-state index in [2.05, 4.69) is 31.3 Å². The highest BCUT2D eigenvalue weighted by molar-refractivity contribution is 9.10. The Balaban J connectivity index is 1.88. The second-order valence-electron chi connectivity index (χ2n) is 6.28. The molecule has 12 heteroatoms. The average molecular weight is 533 g/mol. The molecule has 166 valence electrons. The van der Waals surface area contributed by atoms with Gasteiger partial charge in [0.25, 0.3) is 5.91 Å². The minimum absolute atomic E-state index is 0.0208. The standard InChI is InChI=1S/C19H19BrClN3O6S/c1-11(19(27)24-15-6-4-14(5-7-15)23-12(2)25)30-18(26)10-22-31(28,29)17-8-3-13(20)9-16(17)21/h3-9,11,22H,10H2,1-2H3,(H,23,25)(H,24,27)/t11-/m1/s1. The molecule has 3 N–H and O–H groups in total. The van der Waals surface area contributed by atoms with E-state index >= 15 is 0 Å². The molecule has 0 heterocycles. The lowest BCUT2D eigenvalue weighted by Crippen LogP contribution is -2.35. The van der Waals surface area contributed by atoms with E-state index in [0.717, 1.165) is 0 Å². The van der Waals surface area contributed by atoms with Crippen LogP contribution in [0, 0.1) is 0 Å². The SMILES string of the molecule is CC(=O)Nc1ccc(NC(=O)[C@@H](C)OC(=O)CNS(=O)(=O)c2ccc(Br)cc2Cl)cc1. The first kappa shape index (κ1) is 24.8. The highest BCUT2D eigenvalue weighted by atomic mass is 79.9. The number of benzene rings is 2. The summed E-state index contributed by atoms with van der Waals surface area (Å²) in [4.78, 5) is 35.0. The van der Waals surface area contributed by atoms with Crippen molar-refractivity contribution in [1.29, 1.82) is 0 Å². The fourth-order valence-electron chi connectivity index (χ4n) is 2.30. The number of anilines is 2. The Bertz CT molecular complexity index is 1090. The van der Waals surface area contributed by atoms with Gasteiger partial charge in [-0.25, -0.2) is 8.42 Å². The molecule has 0 unspecified atom stereocenters. The molecule has 31 heavy (non-hydrogen) atoms. The molecule has 0 fully saturated rings. The third-order valence-corrected chi connectivity index (χ3v) is 6.12. The van der Waals surface area contributed by atoms with E-state index in [0.29, 0.717) is 15.8 Å². The molecule has 0 saturated heterocycles. The zero-order valence-electron chi connectivity index (χ0n) is 16.4.